The Morgan fingerprint density at radius 1 is 1.50 bits per heavy atom. The predicted octanol–water partition coefficient (Wildman–Crippen LogP) is -2.77. The molecular weight excluding hydrogens is 138 g/mol. The van der Waals surface area contributed by atoms with Crippen molar-refractivity contribution >= 4 is 5.78 Å². The van der Waals surface area contributed by atoms with Crippen LogP contribution in [-0.4, -0.2) is 46.5 Å². The molecule has 0 radical (unpaired) electrons. The first-order chi connectivity index (χ1) is 4.63. The Kier molecular flexibility index (Phi) is 4.13. The second-order valence-corrected chi connectivity index (χ2v) is 1.87. The molecule has 0 aliphatic heterocycles. The lowest BCUT2D eigenvalue weighted by Gasteiger charge is -2.12. The third-order valence-electron chi connectivity index (χ3n) is 1.08. The summed E-state index contributed by atoms with van der Waals surface area (Å²) in [5, 5.41) is 25.6. The zero-order valence-electron chi connectivity index (χ0n) is 5.40. The molecule has 0 aliphatic rings. The molecule has 0 aromatic rings. The molecule has 0 saturated carbocycles. The van der Waals surface area contributed by atoms with Gasteiger partial charge in [0, 0.05) is 0 Å². The molecule has 2 atom stereocenters. The standard InChI is InChI=1S/C5H11NO4/c6-1-3(8)5(10)4(9)2-7/h4-5,7,9-10H,1-2,6H2/t4-,5-/m1/s1. The topological polar surface area (TPSA) is 104 Å². The number of carbonyl (C=O) groups excluding carboxylic acids is 1. The van der Waals surface area contributed by atoms with Crippen molar-refractivity contribution in [3.63, 3.8) is 0 Å². The molecule has 5 nitrogen and oxygen atoms in total. The number of nitrogens with two attached hydrogens (primary N) is 1. The maximum atomic E-state index is 10.5. The van der Waals surface area contributed by atoms with Gasteiger partial charge in [-0.1, -0.05) is 0 Å². The Morgan fingerprint density at radius 2 is 2.00 bits per heavy atom. The molecule has 10 heavy (non-hydrogen) atoms. The summed E-state index contributed by atoms with van der Waals surface area (Å²) in [5.41, 5.74) is 4.86. The molecule has 0 bridgehead atoms. The molecule has 0 amide bonds. The van der Waals surface area contributed by atoms with Gasteiger partial charge in [-0.2, -0.15) is 0 Å². The van der Waals surface area contributed by atoms with Crippen molar-refractivity contribution in [2.24, 2.45) is 5.73 Å². The fourth-order valence-corrected chi connectivity index (χ4v) is 0.435. The molecule has 0 rings (SSSR count). The van der Waals surface area contributed by atoms with E-state index in [1.807, 2.05) is 0 Å². The van der Waals surface area contributed by atoms with Crippen LogP contribution in [0.2, 0.25) is 0 Å². The van der Waals surface area contributed by atoms with Crippen molar-refractivity contribution in [1.29, 1.82) is 0 Å². The van der Waals surface area contributed by atoms with Gasteiger partial charge in [-0.25, -0.2) is 0 Å². The van der Waals surface area contributed by atoms with Crippen molar-refractivity contribution in [2.45, 2.75) is 12.2 Å². The number of Topliss-reactive ketones (excluding diaryl/α,β-unsaturated/α-hetero) is 1. The minimum Gasteiger partial charge on any atom is -0.394 e. The summed E-state index contributed by atoms with van der Waals surface area (Å²) in [6.07, 6.45) is -2.98. The maximum Gasteiger partial charge on any atom is 0.177 e. The van der Waals surface area contributed by atoms with Crippen LogP contribution in [0, 0.1) is 0 Å². The van der Waals surface area contributed by atoms with Crippen LogP contribution < -0.4 is 5.73 Å². The summed E-state index contributed by atoms with van der Waals surface area (Å²) in [7, 11) is 0. The number of hydrogen-bond acceptors (Lipinski definition) is 5. The minimum atomic E-state index is -1.56. The highest BCUT2D eigenvalue weighted by Crippen LogP contribution is 1.92. The van der Waals surface area contributed by atoms with Crippen LogP contribution in [0.15, 0.2) is 0 Å². The highest BCUT2D eigenvalue weighted by molar-refractivity contribution is 5.85. The summed E-state index contributed by atoms with van der Waals surface area (Å²) in [6.45, 7) is -0.981. The molecule has 5 N–H and O–H groups in total. The van der Waals surface area contributed by atoms with Gasteiger partial charge in [-0.05, 0) is 0 Å². The van der Waals surface area contributed by atoms with E-state index in [9.17, 15) is 4.79 Å². The van der Waals surface area contributed by atoms with E-state index in [0.29, 0.717) is 0 Å². The normalized spacial score (nSPS) is 16.4. The average Bonchev–Trinajstić information content (AvgIpc) is 2.00. The molecular formula is C5H11NO4. The van der Waals surface area contributed by atoms with Crippen molar-refractivity contribution < 1.29 is 20.1 Å². The number of carbonyl (C=O) groups is 1. The van der Waals surface area contributed by atoms with Crippen molar-refractivity contribution in [1.82, 2.24) is 0 Å². The molecule has 0 aromatic carbocycles. The number of aliphatic hydroxyl groups excluding tert-OH is 3. The van der Waals surface area contributed by atoms with Crippen LogP contribution in [-0.2, 0) is 4.79 Å². The monoisotopic (exact) mass is 149 g/mol. The third-order valence-corrected chi connectivity index (χ3v) is 1.08. The van der Waals surface area contributed by atoms with Gasteiger partial charge in [0.25, 0.3) is 0 Å². The van der Waals surface area contributed by atoms with Crippen LogP contribution in [0.25, 0.3) is 0 Å². The molecule has 0 aromatic heterocycles. The van der Waals surface area contributed by atoms with E-state index >= 15 is 0 Å². The summed E-state index contributed by atoms with van der Waals surface area (Å²) >= 11 is 0. The lowest BCUT2D eigenvalue weighted by Crippen LogP contribution is -2.39. The van der Waals surface area contributed by atoms with Gasteiger partial charge in [0.05, 0.1) is 13.2 Å². The Morgan fingerprint density at radius 3 is 2.30 bits per heavy atom. The van der Waals surface area contributed by atoms with E-state index in [1.165, 1.54) is 0 Å². The molecule has 60 valence electrons. The number of aliphatic hydroxyl groups is 3. The molecule has 0 heterocycles. The fourth-order valence-electron chi connectivity index (χ4n) is 0.435. The Labute approximate surface area is 58.1 Å². The molecule has 0 fully saturated rings. The van der Waals surface area contributed by atoms with Crippen molar-refractivity contribution in [3.05, 3.63) is 0 Å². The first-order valence-corrected chi connectivity index (χ1v) is 2.83. The molecule has 5 heteroatoms. The van der Waals surface area contributed by atoms with E-state index < -0.39 is 24.6 Å². The van der Waals surface area contributed by atoms with Gasteiger partial charge in [0.1, 0.15) is 12.2 Å². The van der Waals surface area contributed by atoms with Gasteiger partial charge >= 0.3 is 0 Å². The number of hydrogen-bond donors (Lipinski definition) is 4. The first kappa shape index (κ1) is 9.51. The van der Waals surface area contributed by atoms with E-state index in [0.717, 1.165) is 0 Å². The summed E-state index contributed by atoms with van der Waals surface area (Å²) < 4.78 is 0. The van der Waals surface area contributed by atoms with Crippen molar-refractivity contribution in [3.8, 4) is 0 Å². The number of rotatable bonds is 4. The molecule has 0 spiro atoms. The van der Waals surface area contributed by atoms with E-state index in [2.05, 4.69) is 0 Å². The van der Waals surface area contributed by atoms with E-state index in [1.54, 1.807) is 0 Å². The lowest BCUT2D eigenvalue weighted by atomic mass is 10.1. The van der Waals surface area contributed by atoms with Gasteiger partial charge in [0.15, 0.2) is 5.78 Å². The van der Waals surface area contributed by atoms with Gasteiger partial charge < -0.3 is 21.1 Å². The van der Waals surface area contributed by atoms with Gasteiger partial charge in [-0.15, -0.1) is 0 Å². The zero-order chi connectivity index (χ0) is 8.15. The summed E-state index contributed by atoms with van der Waals surface area (Å²) in [5.74, 6) is -0.679. The predicted molar refractivity (Wildman–Crippen MR) is 33.2 cm³/mol. The Hall–Kier alpha value is -0.490. The maximum absolute atomic E-state index is 10.5. The average molecular weight is 149 g/mol. The number of ketones is 1. The second-order valence-electron chi connectivity index (χ2n) is 1.87. The second kappa shape index (κ2) is 4.35. The van der Waals surface area contributed by atoms with Gasteiger partial charge in [-0.3, -0.25) is 4.79 Å². The van der Waals surface area contributed by atoms with Crippen LogP contribution in [0.5, 0.6) is 0 Å². The SMILES string of the molecule is NCC(=O)[C@@H](O)[C@H](O)CO. The molecule has 0 unspecified atom stereocenters. The Balaban J connectivity index is 3.81. The smallest absolute Gasteiger partial charge is 0.177 e. The largest absolute Gasteiger partial charge is 0.394 e. The highest BCUT2D eigenvalue weighted by atomic mass is 16.4. The summed E-state index contributed by atoms with van der Waals surface area (Å²) in [4.78, 5) is 10.5. The lowest BCUT2D eigenvalue weighted by molar-refractivity contribution is -0.133. The highest BCUT2D eigenvalue weighted by Gasteiger charge is 2.21. The minimum absolute atomic E-state index is 0.335. The van der Waals surface area contributed by atoms with Gasteiger partial charge in [0.2, 0.25) is 0 Å². The van der Waals surface area contributed by atoms with Crippen molar-refractivity contribution in [2.75, 3.05) is 13.2 Å². The van der Waals surface area contributed by atoms with E-state index in [-0.39, 0.29) is 6.54 Å². The van der Waals surface area contributed by atoms with Crippen LogP contribution in [0.3, 0.4) is 0 Å². The Bertz CT molecular complexity index is 116. The summed E-state index contributed by atoms with van der Waals surface area (Å²) in [6, 6.07) is 0. The quantitative estimate of drug-likeness (QED) is 0.346. The van der Waals surface area contributed by atoms with Crippen LogP contribution >= 0.6 is 0 Å². The van der Waals surface area contributed by atoms with Crippen LogP contribution in [0.1, 0.15) is 0 Å². The molecule has 0 aliphatic carbocycles. The fraction of sp³-hybridized carbons (Fsp3) is 0.800. The van der Waals surface area contributed by atoms with E-state index in [4.69, 9.17) is 21.1 Å². The molecule has 0 saturated heterocycles. The first-order valence-electron chi connectivity index (χ1n) is 2.83. The zero-order valence-corrected chi connectivity index (χ0v) is 5.40. The third kappa shape index (κ3) is 2.40. The van der Waals surface area contributed by atoms with Crippen LogP contribution in [0.4, 0.5) is 0 Å².